The van der Waals surface area contributed by atoms with Crippen molar-refractivity contribution < 1.29 is 17.9 Å². The van der Waals surface area contributed by atoms with Gasteiger partial charge in [0.1, 0.15) is 11.4 Å². The average Bonchev–Trinajstić information content (AvgIpc) is 2.81. The lowest BCUT2D eigenvalue weighted by atomic mass is 10.00. The van der Waals surface area contributed by atoms with Crippen molar-refractivity contribution in [3.05, 3.63) is 58.0 Å². The highest BCUT2D eigenvalue weighted by Crippen LogP contribution is 2.34. The fourth-order valence-electron chi connectivity index (χ4n) is 3.08. The molecule has 0 bridgehead atoms. The van der Waals surface area contributed by atoms with Crippen LogP contribution in [0.15, 0.2) is 46.3 Å². The summed E-state index contributed by atoms with van der Waals surface area (Å²) in [5.41, 5.74) is 11.6. The second-order valence-corrected chi connectivity index (χ2v) is 7.43. The number of aliphatic imine (C=N–C) groups is 1. The van der Waals surface area contributed by atoms with E-state index in [4.69, 9.17) is 21.5 Å². The number of benzene rings is 1. The Morgan fingerprint density at radius 3 is 2.44 bits per heavy atom. The summed E-state index contributed by atoms with van der Waals surface area (Å²) in [7, 11) is 0. The number of halogens is 3. The van der Waals surface area contributed by atoms with Crippen molar-refractivity contribution in [1.82, 2.24) is 4.98 Å². The lowest BCUT2D eigenvalue weighted by Gasteiger charge is -2.18. The van der Waals surface area contributed by atoms with Crippen LogP contribution < -0.4 is 17.0 Å². The van der Waals surface area contributed by atoms with Crippen LogP contribution in [0, 0.1) is 17.2 Å². The van der Waals surface area contributed by atoms with Crippen molar-refractivity contribution in [1.29, 1.82) is 5.26 Å². The largest absolute Gasteiger partial charge is 0.398 e. The molecule has 1 aliphatic rings. The molecule has 1 aliphatic heterocycles. The molecule has 0 amide bonds. The molecular formula is C24H32F3N5O2. The third kappa shape index (κ3) is 8.90. The average molecular weight is 480 g/mol. The van der Waals surface area contributed by atoms with E-state index in [2.05, 4.69) is 16.0 Å². The number of hydrogen-bond acceptors (Lipinski definition) is 5. The van der Waals surface area contributed by atoms with Crippen LogP contribution in [0.1, 0.15) is 57.1 Å². The molecule has 7 nitrogen and oxygen atoms in total. The van der Waals surface area contributed by atoms with Crippen LogP contribution in [0.2, 0.25) is 0 Å². The summed E-state index contributed by atoms with van der Waals surface area (Å²) in [4.78, 5) is 18.2. The van der Waals surface area contributed by atoms with E-state index in [0.717, 1.165) is 26.6 Å². The van der Waals surface area contributed by atoms with E-state index in [0.29, 0.717) is 18.0 Å². The van der Waals surface area contributed by atoms with Gasteiger partial charge in [0.15, 0.2) is 0 Å². The Balaban J connectivity index is 0.000000437. The van der Waals surface area contributed by atoms with Crippen molar-refractivity contribution in [2.24, 2.45) is 16.6 Å². The second kappa shape index (κ2) is 14.1. The van der Waals surface area contributed by atoms with E-state index in [1.807, 2.05) is 13.8 Å². The van der Waals surface area contributed by atoms with Crippen LogP contribution in [0.3, 0.4) is 0 Å². The van der Waals surface area contributed by atoms with Gasteiger partial charge in [0, 0.05) is 24.9 Å². The number of nitrogen functional groups attached to an aromatic ring is 1. The van der Waals surface area contributed by atoms with Crippen molar-refractivity contribution in [2.75, 3.05) is 18.9 Å². The molecular weight excluding hydrogens is 447 g/mol. The third-order valence-electron chi connectivity index (χ3n) is 5.02. The fourth-order valence-corrected chi connectivity index (χ4v) is 3.08. The molecule has 1 fully saturated rings. The van der Waals surface area contributed by atoms with Crippen LogP contribution >= 0.6 is 0 Å². The maximum Gasteiger partial charge on any atom is 0.395 e. The van der Waals surface area contributed by atoms with Gasteiger partial charge < -0.3 is 21.2 Å². The molecule has 1 aromatic carbocycles. The molecule has 5 N–H and O–H groups in total. The summed E-state index contributed by atoms with van der Waals surface area (Å²) >= 11 is 0. The lowest BCUT2D eigenvalue weighted by molar-refractivity contribution is -0.146. The molecule has 10 heteroatoms. The van der Waals surface area contributed by atoms with Gasteiger partial charge in [-0.2, -0.15) is 18.4 Å². The Bertz CT molecular complexity index is 1000. The number of nitriles is 1. The van der Waals surface area contributed by atoms with Crippen LogP contribution in [0.4, 0.5) is 24.5 Å². The first-order chi connectivity index (χ1) is 16.1. The molecule has 34 heavy (non-hydrogen) atoms. The minimum atomic E-state index is -4.31. The summed E-state index contributed by atoms with van der Waals surface area (Å²) in [6, 6.07) is 9.07. The SMILES string of the molecule is CC.C[C@@H](c1ccc(N=C(N)c2c(N)cc[nH]c2=O)cc1)C(F)(F)F.N#CC[C@H]1CCCOC1. The van der Waals surface area contributed by atoms with Gasteiger partial charge in [-0.15, -0.1) is 0 Å². The molecule has 2 heterocycles. The monoisotopic (exact) mass is 479 g/mol. The van der Waals surface area contributed by atoms with Crippen molar-refractivity contribution in [3.63, 3.8) is 0 Å². The first-order valence-corrected chi connectivity index (χ1v) is 11.1. The van der Waals surface area contributed by atoms with E-state index >= 15 is 0 Å². The van der Waals surface area contributed by atoms with E-state index in [1.165, 1.54) is 42.9 Å². The Morgan fingerprint density at radius 2 is 1.94 bits per heavy atom. The molecule has 0 unspecified atom stereocenters. The van der Waals surface area contributed by atoms with E-state index in [-0.39, 0.29) is 22.6 Å². The Morgan fingerprint density at radius 1 is 1.29 bits per heavy atom. The number of aromatic amines is 1. The number of aromatic nitrogens is 1. The zero-order chi connectivity index (χ0) is 25.7. The lowest BCUT2D eigenvalue weighted by Crippen LogP contribution is -2.25. The Labute approximate surface area is 197 Å². The predicted molar refractivity (Wildman–Crippen MR) is 128 cm³/mol. The zero-order valence-corrected chi connectivity index (χ0v) is 19.7. The highest BCUT2D eigenvalue weighted by atomic mass is 19.4. The molecule has 2 aromatic rings. The number of amidine groups is 1. The normalized spacial score (nSPS) is 16.7. The topological polar surface area (TPSA) is 130 Å². The number of anilines is 1. The molecule has 0 saturated carbocycles. The molecule has 3 rings (SSSR count). The van der Waals surface area contributed by atoms with E-state index in [1.54, 1.807) is 0 Å². The van der Waals surface area contributed by atoms with Crippen molar-refractivity contribution in [3.8, 4) is 6.07 Å². The van der Waals surface area contributed by atoms with Gasteiger partial charge in [0.25, 0.3) is 5.56 Å². The first kappa shape index (κ1) is 28.7. The summed E-state index contributed by atoms with van der Waals surface area (Å²) in [5.74, 6) is -1.17. The summed E-state index contributed by atoms with van der Waals surface area (Å²) in [5, 5.41) is 8.31. The molecule has 0 aliphatic carbocycles. The van der Waals surface area contributed by atoms with Crippen LogP contribution in [-0.2, 0) is 4.74 Å². The molecule has 1 saturated heterocycles. The molecule has 1 aromatic heterocycles. The number of nitrogens with zero attached hydrogens (tertiary/aromatic N) is 2. The number of hydrogen-bond donors (Lipinski definition) is 3. The molecule has 0 radical (unpaired) electrons. The highest BCUT2D eigenvalue weighted by molar-refractivity contribution is 6.02. The highest BCUT2D eigenvalue weighted by Gasteiger charge is 2.36. The smallest absolute Gasteiger partial charge is 0.395 e. The number of rotatable bonds is 4. The number of H-pyrrole nitrogens is 1. The van der Waals surface area contributed by atoms with Gasteiger partial charge in [-0.1, -0.05) is 26.0 Å². The number of nitrogens with one attached hydrogen (secondary N) is 1. The number of ether oxygens (including phenoxy) is 1. The second-order valence-electron chi connectivity index (χ2n) is 7.43. The number of pyridine rings is 1. The maximum absolute atomic E-state index is 12.7. The summed E-state index contributed by atoms with van der Waals surface area (Å²) in [6.45, 7) is 6.77. The zero-order valence-electron chi connectivity index (χ0n) is 19.7. The Hall–Kier alpha value is -3.32. The van der Waals surface area contributed by atoms with Gasteiger partial charge >= 0.3 is 6.18 Å². The molecule has 0 spiro atoms. The minimum absolute atomic E-state index is 0.0280. The Kier molecular flexibility index (Phi) is 11.9. The van der Waals surface area contributed by atoms with Crippen LogP contribution in [0.5, 0.6) is 0 Å². The summed E-state index contributed by atoms with van der Waals surface area (Å²) in [6.07, 6.45) is 0.0390. The summed E-state index contributed by atoms with van der Waals surface area (Å²) < 4.78 is 43.2. The number of nitrogens with two attached hydrogens (primary N) is 2. The van der Waals surface area contributed by atoms with Crippen molar-refractivity contribution >= 4 is 17.2 Å². The fraction of sp³-hybridized carbons (Fsp3) is 0.458. The van der Waals surface area contributed by atoms with Gasteiger partial charge in [-0.05, 0) is 49.4 Å². The van der Waals surface area contributed by atoms with Crippen LogP contribution in [0.25, 0.3) is 0 Å². The third-order valence-corrected chi connectivity index (χ3v) is 5.02. The van der Waals surface area contributed by atoms with Crippen molar-refractivity contribution in [2.45, 2.75) is 52.1 Å². The van der Waals surface area contributed by atoms with Gasteiger partial charge in [-0.3, -0.25) is 4.79 Å². The maximum atomic E-state index is 12.7. The van der Waals surface area contributed by atoms with Crippen LogP contribution in [-0.4, -0.2) is 30.2 Å². The molecule has 2 atom stereocenters. The molecule has 186 valence electrons. The quantitative estimate of drug-likeness (QED) is 0.419. The van der Waals surface area contributed by atoms with Gasteiger partial charge in [0.05, 0.1) is 24.3 Å². The van der Waals surface area contributed by atoms with E-state index in [9.17, 15) is 18.0 Å². The predicted octanol–water partition coefficient (Wildman–Crippen LogP) is 5.01. The number of alkyl halides is 3. The first-order valence-electron chi connectivity index (χ1n) is 11.1. The van der Waals surface area contributed by atoms with Gasteiger partial charge in [0.2, 0.25) is 0 Å². The standard InChI is InChI=1S/C15H15F3N4O.C7H11NO.C2H6/c1-8(15(16,17)18)9-2-4-10(5-3-9)22-13(20)12-11(19)6-7-21-14(12)23;8-4-3-7-2-1-5-9-6-7;1-2/h2-8H,1H3,(H2,20,22)(H3,19,21,23);7H,1-3,5-6H2;1-2H3/t8-;7-;/m01./s1. The van der Waals surface area contributed by atoms with E-state index < -0.39 is 17.7 Å². The minimum Gasteiger partial charge on any atom is -0.398 e. The van der Waals surface area contributed by atoms with Gasteiger partial charge in [-0.25, -0.2) is 4.99 Å².